The molecule has 0 aliphatic heterocycles. The van der Waals surface area contributed by atoms with Crippen LogP contribution in [-0.2, 0) is 32.6 Å². The lowest BCUT2D eigenvalue weighted by Gasteiger charge is -2.31. The van der Waals surface area contributed by atoms with E-state index < -0.39 is 16.1 Å². The van der Waals surface area contributed by atoms with Gasteiger partial charge in [-0.25, -0.2) is 8.42 Å². The second kappa shape index (κ2) is 13.4. The van der Waals surface area contributed by atoms with Gasteiger partial charge in [0.2, 0.25) is 21.8 Å². The third-order valence-corrected chi connectivity index (χ3v) is 7.64. The third-order valence-electron chi connectivity index (χ3n) is 5.96. The quantitative estimate of drug-likeness (QED) is 0.342. The van der Waals surface area contributed by atoms with Gasteiger partial charge in [-0.15, -0.1) is 0 Å². The number of anilines is 1. The molecule has 1 N–H and O–H groups in total. The van der Waals surface area contributed by atoms with Crippen molar-refractivity contribution in [3.05, 3.63) is 101 Å². The smallest absolute Gasteiger partial charge is 0.242 e. The summed E-state index contributed by atoms with van der Waals surface area (Å²) in [4.78, 5) is 28.2. The topological polar surface area (TPSA) is 86.8 Å². The first-order valence-electron chi connectivity index (χ1n) is 12.0. The average Bonchev–Trinajstić information content (AvgIpc) is 2.88. The molecule has 3 rings (SSSR count). The van der Waals surface area contributed by atoms with Gasteiger partial charge < -0.3 is 10.2 Å². The third kappa shape index (κ3) is 8.43. The van der Waals surface area contributed by atoms with Gasteiger partial charge in [0, 0.05) is 37.5 Å². The summed E-state index contributed by atoms with van der Waals surface area (Å²) in [7, 11) is -1.96. The van der Waals surface area contributed by atoms with Gasteiger partial charge in [0.05, 0.1) is 11.9 Å². The number of sulfonamides is 1. The maximum atomic E-state index is 13.6. The van der Waals surface area contributed by atoms with Gasteiger partial charge in [0.1, 0.15) is 6.04 Å². The van der Waals surface area contributed by atoms with Gasteiger partial charge >= 0.3 is 0 Å². The minimum atomic E-state index is -3.52. The summed E-state index contributed by atoms with van der Waals surface area (Å²) in [5.41, 5.74) is 2.37. The zero-order chi connectivity index (χ0) is 26.8. The maximum Gasteiger partial charge on any atom is 0.242 e. The number of hydrogen-bond donors (Lipinski definition) is 1. The number of rotatable bonds is 12. The lowest BCUT2D eigenvalue weighted by atomic mass is 10.0. The van der Waals surface area contributed by atoms with Crippen LogP contribution in [0.3, 0.4) is 0 Å². The first-order chi connectivity index (χ1) is 17.7. The lowest BCUT2D eigenvalue weighted by molar-refractivity contribution is -0.141. The number of hydrogen-bond acceptors (Lipinski definition) is 4. The zero-order valence-electron chi connectivity index (χ0n) is 21.0. The number of carbonyl (C=O) groups is 2. The van der Waals surface area contributed by atoms with E-state index in [1.165, 1.54) is 4.31 Å². The van der Waals surface area contributed by atoms with Crippen LogP contribution in [0.1, 0.15) is 24.0 Å². The highest BCUT2D eigenvalue weighted by Crippen LogP contribution is 2.21. The highest BCUT2D eigenvalue weighted by Gasteiger charge is 2.30. The Morgan fingerprint density at radius 1 is 0.919 bits per heavy atom. The highest BCUT2D eigenvalue weighted by molar-refractivity contribution is 9.10. The van der Waals surface area contributed by atoms with Crippen LogP contribution >= 0.6 is 15.9 Å². The first kappa shape index (κ1) is 28.4. The minimum Gasteiger partial charge on any atom is -0.357 e. The van der Waals surface area contributed by atoms with E-state index in [2.05, 4.69) is 21.2 Å². The molecule has 0 aliphatic rings. The van der Waals surface area contributed by atoms with Crippen molar-refractivity contribution in [1.29, 1.82) is 0 Å². The molecule has 0 aromatic heterocycles. The molecule has 3 aromatic carbocycles. The second-order valence-corrected chi connectivity index (χ2v) is 11.6. The molecular formula is C28H32BrN3O4S. The van der Waals surface area contributed by atoms with Crippen LogP contribution in [0.25, 0.3) is 0 Å². The van der Waals surface area contributed by atoms with E-state index in [-0.39, 0.29) is 31.3 Å². The number of para-hydroxylation sites is 1. The molecular weight excluding hydrogens is 554 g/mol. The minimum absolute atomic E-state index is 0.0924. The van der Waals surface area contributed by atoms with Crippen molar-refractivity contribution >= 4 is 43.5 Å². The van der Waals surface area contributed by atoms with E-state index in [9.17, 15) is 18.0 Å². The van der Waals surface area contributed by atoms with E-state index in [1.807, 2.05) is 60.7 Å². The maximum absolute atomic E-state index is 13.6. The van der Waals surface area contributed by atoms with Crippen molar-refractivity contribution in [3.63, 3.8) is 0 Å². The summed E-state index contributed by atoms with van der Waals surface area (Å²) in [6.07, 6.45) is 1.92. The molecule has 0 bridgehead atoms. The standard InChI is InChI=1S/C28H32BrN3O4S/c1-30-28(34)26(20-22-11-5-3-6-12-22)31(21-23-13-9-14-24(29)19-23)27(33)17-10-18-32(37(2,35)36)25-15-7-4-8-16-25/h3-9,11-16,19,26H,10,17-18,20-21H2,1-2H3,(H,30,34)/t26-/m0/s1. The van der Waals surface area contributed by atoms with Crippen molar-refractivity contribution in [2.24, 2.45) is 0 Å². The number of halogens is 1. The van der Waals surface area contributed by atoms with Gasteiger partial charge in [-0.2, -0.15) is 0 Å². The van der Waals surface area contributed by atoms with Crippen LogP contribution in [0.5, 0.6) is 0 Å². The van der Waals surface area contributed by atoms with E-state index >= 15 is 0 Å². The van der Waals surface area contributed by atoms with Crippen LogP contribution in [0, 0.1) is 0 Å². The number of likely N-dealkylation sites (N-methyl/N-ethyl adjacent to an activating group) is 1. The molecule has 0 spiro atoms. The molecule has 3 aromatic rings. The van der Waals surface area contributed by atoms with E-state index in [1.54, 1.807) is 36.2 Å². The zero-order valence-corrected chi connectivity index (χ0v) is 23.4. The first-order valence-corrected chi connectivity index (χ1v) is 14.7. The molecule has 2 amide bonds. The van der Waals surface area contributed by atoms with Crippen LogP contribution < -0.4 is 9.62 Å². The summed E-state index contributed by atoms with van der Waals surface area (Å²) < 4.78 is 27.0. The van der Waals surface area contributed by atoms with Crippen LogP contribution in [0.2, 0.25) is 0 Å². The molecule has 0 unspecified atom stereocenters. The van der Waals surface area contributed by atoms with E-state index in [0.717, 1.165) is 21.9 Å². The Morgan fingerprint density at radius 3 is 2.14 bits per heavy atom. The Morgan fingerprint density at radius 2 is 1.54 bits per heavy atom. The van der Waals surface area contributed by atoms with Gasteiger partial charge in [-0.3, -0.25) is 13.9 Å². The van der Waals surface area contributed by atoms with E-state index in [0.29, 0.717) is 18.5 Å². The van der Waals surface area contributed by atoms with Crippen LogP contribution in [0.15, 0.2) is 89.4 Å². The van der Waals surface area contributed by atoms with Crippen molar-refractivity contribution in [2.75, 3.05) is 24.2 Å². The number of nitrogens with zero attached hydrogens (tertiary/aromatic N) is 2. The predicted octanol–water partition coefficient (Wildman–Crippen LogP) is 4.38. The van der Waals surface area contributed by atoms with E-state index in [4.69, 9.17) is 0 Å². The molecule has 1 atom stereocenters. The fourth-order valence-electron chi connectivity index (χ4n) is 4.15. The SMILES string of the molecule is CNC(=O)[C@H](Cc1ccccc1)N(Cc1cccc(Br)c1)C(=O)CCCN(c1ccccc1)S(C)(=O)=O. The Balaban J connectivity index is 1.83. The summed E-state index contributed by atoms with van der Waals surface area (Å²) in [6.45, 7) is 0.403. The number of nitrogens with one attached hydrogen (secondary N) is 1. The number of carbonyl (C=O) groups excluding carboxylic acids is 2. The summed E-state index contributed by atoms with van der Waals surface area (Å²) in [5, 5.41) is 2.70. The molecule has 0 saturated carbocycles. The summed E-state index contributed by atoms with van der Waals surface area (Å²) in [6, 6.07) is 25.3. The fourth-order valence-corrected chi connectivity index (χ4v) is 5.56. The molecule has 0 saturated heterocycles. The normalized spacial score (nSPS) is 12.0. The molecule has 0 fully saturated rings. The summed E-state index contributed by atoms with van der Waals surface area (Å²) >= 11 is 3.48. The molecule has 0 heterocycles. The Hall–Kier alpha value is -3.17. The van der Waals surface area contributed by atoms with Crippen LogP contribution in [0.4, 0.5) is 5.69 Å². The monoisotopic (exact) mass is 585 g/mol. The van der Waals surface area contributed by atoms with Crippen molar-refractivity contribution in [3.8, 4) is 0 Å². The van der Waals surface area contributed by atoms with Gasteiger partial charge in [0.15, 0.2) is 0 Å². The Bertz CT molecular complexity index is 1290. The predicted molar refractivity (Wildman–Crippen MR) is 151 cm³/mol. The molecule has 0 aliphatic carbocycles. The van der Waals surface area contributed by atoms with Crippen molar-refractivity contribution < 1.29 is 18.0 Å². The second-order valence-electron chi connectivity index (χ2n) is 8.75. The number of benzene rings is 3. The van der Waals surface area contributed by atoms with Crippen LogP contribution in [-0.4, -0.2) is 51.0 Å². The molecule has 9 heteroatoms. The van der Waals surface area contributed by atoms with Crippen molar-refractivity contribution in [2.45, 2.75) is 31.8 Å². The van der Waals surface area contributed by atoms with Crippen molar-refractivity contribution in [1.82, 2.24) is 10.2 Å². The highest BCUT2D eigenvalue weighted by atomic mass is 79.9. The van der Waals surface area contributed by atoms with Gasteiger partial charge in [0.25, 0.3) is 0 Å². The molecule has 37 heavy (non-hydrogen) atoms. The van der Waals surface area contributed by atoms with Gasteiger partial charge in [-0.05, 0) is 41.8 Å². The Labute approximate surface area is 227 Å². The Kier molecular flexibility index (Phi) is 10.3. The molecule has 7 nitrogen and oxygen atoms in total. The molecule has 0 radical (unpaired) electrons. The molecule has 196 valence electrons. The summed E-state index contributed by atoms with van der Waals surface area (Å²) in [5.74, 6) is -0.472. The average molecular weight is 587 g/mol. The lowest BCUT2D eigenvalue weighted by Crippen LogP contribution is -2.49. The van der Waals surface area contributed by atoms with Gasteiger partial charge in [-0.1, -0.05) is 76.6 Å². The largest absolute Gasteiger partial charge is 0.357 e. The fraction of sp³-hybridized carbons (Fsp3) is 0.286. The number of amides is 2.